The number of carbonyl (C=O) groups excluding carboxylic acids is 1. The molecule has 1 amide bonds. The number of hydrogen-bond donors (Lipinski definition) is 2. The zero-order chi connectivity index (χ0) is 22.5. The molecule has 172 valence electrons. The number of ether oxygens (including phenoxy) is 2. The first kappa shape index (κ1) is 22.4. The van der Waals surface area contributed by atoms with Gasteiger partial charge in [0.2, 0.25) is 0 Å². The summed E-state index contributed by atoms with van der Waals surface area (Å²) in [5.74, 6) is 2.09. The Kier molecular flexibility index (Phi) is 5.56. The largest absolute Gasteiger partial charge is 0.493 e. The number of amides is 1. The van der Waals surface area contributed by atoms with E-state index in [1.165, 1.54) is 44.1 Å². The maximum absolute atomic E-state index is 12.1. The molecular weight excluding hydrogens is 388 g/mol. The average molecular weight is 430 g/mol. The van der Waals surface area contributed by atoms with Gasteiger partial charge in [-0.3, -0.25) is 4.79 Å². The highest BCUT2D eigenvalue weighted by molar-refractivity contribution is 5.78. The minimum atomic E-state index is -0.268. The number of nitrogens with one attached hydrogen (secondary N) is 1. The second-order valence-corrected chi connectivity index (χ2v) is 12.5. The van der Waals surface area contributed by atoms with Gasteiger partial charge in [0.1, 0.15) is 6.54 Å². The molecule has 5 rings (SSSR count). The van der Waals surface area contributed by atoms with Crippen LogP contribution in [0.5, 0.6) is 11.5 Å². The van der Waals surface area contributed by atoms with Crippen molar-refractivity contribution in [3.63, 3.8) is 0 Å². The lowest BCUT2D eigenvalue weighted by atomic mass is 9.43. The van der Waals surface area contributed by atoms with E-state index in [0.29, 0.717) is 27.9 Å². The lowest BCUT2D eigenvalue weighted by molar-refractivity contribution is -0.755. The van der Waals surface area contributed by atoms with Gasteiger partial charge >= 0.3 is 0 Å². The van der Waals surface area contributed by atoms with E-state index < -0.39 is 0 Å². The van der Waals surface area contributed by atoms with E-state index >= 15 is 0 Å². The van der Waals surface area contributed by atoms with E-state index in [1.54, 1.807) is 7.11 Å². The quantitative estimate of drug-likeness (QED) is 0.693. The van der Waals surface area contributed by atoms with Crippen LogP contribution < -0.4 is 20.1 Å². The molecule has 31 heavy (non-hydrogen) atoms. The molecule has 4 aliphatic carbocycles. The third-order valence-corrected chi connectivity index (χ3v) is 7.54. The maximum atomic E-state index is 12.1. The molecule has 0 spiro atoms. The normalized spacial score (nSPS) is 33.9. The van der Waals surface area contributed by atoms with Gasteiger partial charge in [0.05, 0.1) is 12.6 Å². The molecule has 4 bridgehead atoms. The summed E-state index contributed by atoms with van der Waals surface area (Å²) in [6, 6.07) is 6.12. The van der Waals surface area contributed by atoms with Crippen LogP contribution in [0.15, 0.2) is 18.2 Å². The van der Waals surface area contributed by atoms with E-state index in [2.05, 4.69) is 36.6 Å². The Morgan fingerprint density at radius 3 is 2.35 bits per heavy atom. The molecule has 2 unspecified atom stereocenters. The van der Waals surface area contributed by atoms with Crippen LogP contribution in [-0.4, -0.2) is 30.7 Å². The Hall–Kier alpha value is -1.75. The summed E-state index contributed by atoms with van der Waals surface area (Å²) in [5.41, 5.74) is 2.45. The zero-order valence-electron chi connectivity index (χ0n) is 20.3. The number of rotatable bonds is 7. The van der Waals surface area contributed by atoms with Crippen molar-refractivity contribution in [3.05, 3.63) is 23.8 Å². The first-order valence-electron chi connectivity index (χ1n) is 11.9. The fraction of sp³-hybridized carbons (Fsp3) is 0.731. The summed E-state index contributed by atoms with van der Waals surface area (Å²) in [7, 11) is 1.66. The van der Waals surface area contributed by atoms with Crippen LogP contribution in [0, 0.1) is 16.7 Å². The Bertz CT molecular complexity index is 826. The third-order valence-electron chi connectivity index (χ3n) is 7.54. The number of carbonyl (C=O) groups is 1. The molecule has 0 aliphatic heterocycles. The van der Waals surface area contributed by atoms with Crippen LogP contribution >= 0.6 is 0 Å². The molecule has 4 fully saturated rings. The first-order chi connectivity index (χ1) is 14.4. The van der Waals surface area contributed by atoms with Crippen molar-refractivity contribution in [2.75, 3.05) is 13.7 Å². The van der Waals surface area contributed by atoms with Crippen LogP contribution in [0.1, 0.15) is 78.7 Å². The van der Waals surface area contributed by atoms with Crippen LogP contribution in [0.3, 0.4) is 0 Å². The number of nitrogens with two attached hydrogens (primary N) is 1. The van der Waals surface area contributed by atoms with Crippen molar-refractivity contribution in [1.82, 2.24) is 5.32 Å². The van der Waals surface area contributed by atoms with Gasteiger partial charge in [-0.2, -0.15) is 0 Å². The van der Waals surface area contributed by atoms with Crippen molar-refractivity contribution >= 4 is 5.91 Å². The molecule has 0 aromatic heterocycles. The highest BCUT2D eigenvalue weighted by atomic mass is 16.5. The van der Waals surface area contributed by atoms with Crippen molar-refractivity contribution in [1.29, 1.82) is 0 Å². The highest BCUT2D eigenvalue weighted by Crippen LogP contribution is 2.65. The average Bonchev–Trinajstić information content (AvgIpc) is 2.60. The minimum Gasteiger partial charge on any atom is -0.493 e. The van der Waals surface area contributed by atoms with Crippen molar-refractivity contribution < 1.29 is 19.6 Å². The number of quaternary nitrogens is 1. The molecule has 4 atom stereocenters. The number of hydrogen-bond acceptors (Lipinski definition) is 3. The van der Waals surface area contributed by atoms with Gasteiger partial charge in [-0.05, 0) is 75.0 Å². The van der Waals surface area contributed by atoms with Crippen LogP contribution in [0.2, 0.25) is 0 Å². The molecule has 4 saturated carbocycles. The van der Waals surface area contributed by atoms with Crippen LogP contribution in [-0.2, 0) is 11.3 Å². The maximum Gasteiger partial charge on any atom is 0.258 e. The predicted octanol–water partition coefficient (Wildman–Crippen LogP) is 3.80. The lowest BCUT2D eigenvalue weighted by Gasteiger charge is -2.63. The van der Waals surface area contributed by atoms with Crippen molar-refractivity contribution in [2.24, 2.45) is 16.7 Å². The van der Waals surface area contributed by atoms with E-state index in [9.17, 15) is 4.79 Å². The fourth-order valence-electron chi connectivity index (χ4n) is 7.65. The topological polar surface area (TPSA) is 64.2 Å². The van der Waals surface area contributed by atoms with Crippen molar-refractivity contribution in [2.45, 2.75) is 90.8 Å². The van der Waals surface area contributed by atoms with Gasteiger partial charge in [0.15, 0.2) is 18.1 Å². The van der Waals surface area contributed by atoms with Crippen molar-refractivity contribution in [3.8, 4) is 11.5 Å². The fourth-order valence-corrected chi connectivity index (χ4v) is 7.65. The first-order valence-corrected chi connectivity index (χ1v) is 11.9. The smallest absolute Gasteiger partial charge is 0.258 e. The zero-order valence-corrected chi connectivity index (χ0v) is 20.3. The van der Waals surface area contributed by atoms with Crippen LogP contribution in [0.25, 0.3) is 0 Å². The van der Waals surface area contributed by atoms with Crippen LogP contribution in [0.4, 0.5) is 0 Å². The van der Waals surface area contributed by atoms with Gasteiger partial charge in [0, 0.05) is 30.4 Å². The second kappa shape index (κ2) is 7.68. The molecule has 0 saturated heterocycles. The molecule has 0 radical (unpaired) electrons. The molecule has 5 nitrogen and oxygen atoms in total. The Labute approximate surface area is 187 Å². The summed E-state index contributed by atoms with van der Waals surface area (Å²) >= 11 is 0. The molecular formula is C26H41N2O3+. The number of benzene rings is 1. The Morgan fingerprint density at radius 1 is 1.10 bits per heavy atom. The summed E-state index contributed by atoms with van der Waals surface area (Å²) in [4.78, 5) is 12.1. The van der Waals surface area contributed by atoms with E-state index in [-0.39, 0.29) is 18.1 Å². The standard InChI is InChI=1S/C26H40N2O3/c1-23(2,3)28-22(29)14-31-20-8-7-18(9-21(20)30-6)13-27-26-12-19-10-24(4,16-26)15-25(5,11-19)17-26/h7-9,19,27H,10-17H2,1-6H3,(H,28,29)/p+1/t19?,24-,25+,26?. The summed E-state index contributed by atoms with van der Waals surface area (Å²) < 4.78 is 11.3. The molecule has 0 heterocycles. The van der Waals surface area contributed by atoms with E-state index in [1.807, 2.05) is 26.8 Å². The SMILES string of the molecule is COc1cc(C[NH2+]C23CC4C[C@@](C)(C2)C[C@](C)(C4)C3)ccc1OCC(=O)NC(C)(C)C. The van der Waals surface area contributed by atoms with Gasteiger partial charge in [-0.15, -0.1) is 0 Å². The van der Waals surface area contributed by atoms with E-state index in [4.69, 9.17) is 9.47 Å². The molecule has 5 heteroatoms. The molecule has 1 aromatic rings. The number of methoxy groups -OCH3 is 1. The van der Waals surface area contributed by atoms with Gasteiger partial charge in [0.25, 0.3) is 5.91 Å². The Morgan fingerprint density at radius 2 is 1.77 bits per heavy atom. The second-order valence-electron chi connectivity index (χ2n) is 12.5. The predicted molar refractivity (Wildman–Crippen MR) is 122 cm³/mol. The summed E-state index contributed by atoms with van der Waals surface area (Å²) in [6.07, 6.45) is 8.36. The molecule has 3 N–H and O–H groups in total. The molecule has 4 aliphatic rings. The van der Waals surface area contributed by atoms with Gasteiger partial charge < -0.3 is 20.1 Å². The van der Waals surface area contributed by atoms with Gasteiger partial charge in [-0.25, -0.2) is 0 Å². The lowest BCUT2D eigenvalue weighted by Crippen LogP contribution is -2.98. The van der Waals surface area contributed by atoms with Gasteiger partial charge in [-0.1, -0.05) is 13.8 Å². The van der Waals surface area contributed by atoms with E-state index in [0.717, 1.165) is 12.5 Å². The summed E-state index contributed by atoms with van der Waals surface area (Å²) in [5, 5.41) is 5.54. The molecule has 1 aromatic carbocycles. The minimum absolute atomic E-state index is 0.0131. The highest BCUT2D eigenvalue weighted by Gasteiger charge is 2.62. The third kappa shape index (κ3) is 5.02. The monoisotopic (exact) mass is 429 g/mol. The summed E-state index contributed by atoms with van der Waals surface area (Å²) in [6.45, 7) is 11.9. The Balaban J connectivity index is 1.39.